The van der Waals surface area contributed by atoms with E-state index in [1.165, 1.54) is 18.4 Å². The molecule has 2 aromatic heterocycles. The number of fused-ring (bicyclic) bond motifs is 4. The Hall–Kier alpha value is -2.66. The van der Waals surface area contributed by atoms with Crippen LogP contribution in [0.1, 0.15) is 28.8 Å². The minimum Gasteiger partial charge on any atom is -0.360 e. The van der Waals surface area contributed by atoms with E-state index in [4.69, 9.17) is 0 Å². The number of nitrogens with zero attached hydrogens (tertiary/aromatic N) is 2. The molecule has 1 aromatic carbocycles. The summed E-state index contributed by atoms with van der Waals surface area (Å²) in [5.74, 6) is 0.591. The van der Waals surface area contributed by atoms with Crippen LogP contribution in [0.2, 0.25) is 0 Å². The van der Waals surface area contributed by atoms with Crippen molar-refractivity contribution in [2.45, 2.75) is 31.3 Å². The number of piperidine rings is 3. The summed E-state index contributed by atoms with van der Waals surface area (Å²) in [6.45, 7) is 2.27. The number of carbonyl (C=O) groups is 1. The Morgan fingerprint density at radius 3 is 2.85 bits per heavy atom. The monoisotopic (exact) mass is 360 g/mol. The molecule has 5 heterocycles. The second kappa shape index (κ2) is 6.82. The van der Waals surface area contributed by atoms with Gasteiger partial charge in [0.15, 0.2) is 0 Å². The van der Waals surface area contributed by atoms with Crippen LogP contribution in [0, 0.1) is 5.92 Å². The van der Waals surface area contributed by atoms with Crippen molar-refractivity contribution in [3.8, 4) is 0 Å². The maximum atomic E-state index is 13.1. The van der Waals surface area contributed by atoms with Gasteiger partial charge >= 0.3 is 0 Å². The normalized spacial score (nSPS) is 27.0. The second-order valence-corrected chi connectivity index (χ2v) is 7.75. The standard InChI is InChI=1S/C22H24N4O/c27-22(18-14-24-19-6-2-1-5-17(18)19)25-21-16-7-10-26(11-8-16)20(21)12-15-4-3-9-23-13-15/h1-6,9,13-14,16,20-21,24H,7-8,10-12H2,(H,25,27)/t20-,21-/m1/s1. The maximum Gasteiger partial charge on any atom is 0.253 e. The molecular formula is C22H24N4O. The second-order valence-electron chi connectivity index (χ2n) is 7.75. The van der Waals surface area contributed by atoms with E-state index in [9.17, 15) is 4.79 Å². The number of nitrogens with one attached hydrogen (secondary N) is 2. The molecule has 0 aliphatic carbocycles. The predicted octanol–water partition coefficient (Wildman–Crippen LogP) is 3.00. The number of hydrogen-bond acceptors (Lipinski definition) is 3. The summed E-state index contributed by atoms with van der Waals surface area (Å²) < 4.78 is 0. The Morgan fingerprint density at radius 2 is 2.04 bits per heavy atom. The van der Waals surface area contributed by atoms with Crippen molar-refractivity contribution < 1.29 is 4.79 Å². The van der Waals surface area contributed by atoms with Gasteiger partial charge in [-0.3, -0.25) is 14.7 Å². The Morgan fingerprint density at radius 1 is 1.19 bits per heavy atom. The highest BCUT2D eigenvalue weighted by molar-refractivity contribution is 6.06. The number of aromatic amines is 1. The highest BCUT2D eigenvalue weighted by atomic mass is 16.1. The summed E-state index contributed by atoms with van der Waals surface area (Å²) in [6.07, 6.45) is 8.86. The average Bonchev–Trinajstić information content (AvgIpc) is 3.15. The fraction of sp³-hybridized carbons (Fsp3) is 0.364. The zero-order valence-corrected chi connectivity index (χ0v) is 15.3. The fourth-order valence-electron chi connectivity index (χ4n) is 4.87. The molecule has 0 radical (unpaired) electrons. The molecule has 138 valence electrons. The van der Waals surface area contributed by atoms with Gasteiger partial charge in [-0.15, -0.1) is 0 Å². The molecule has 3 aromatic rings. The molecule has 1 amide bonds. The van der Waals surface area contributed by atoms with E-state index in [-0.39, 0.29) is 11.9 Å². The van der Waals surface area contributed by atoms with Gasteiger partial charge in [0.2, 0.25) is 0 Å². The number of para-hydroxylation sites is 1. The van der Waals surface area contributed by atoms with Crippen LogP contribution in [0.25, 0.3) is 10.9 Å². The first-order chi connectivity index (χ1) is 13.3. The molecule has 27 heavy (non-hydrogen) atoms. The Balaban J connectivity index is 1.40. The van der Waals surface area contributed by atoms with E-state index >= 15 is 0 Å². The van der Waals surface area contributed by atoms with Crippen molar-refractivity contribution in [2.24, 2.45) is 5.92 Å². The Kier molecular flexibility index (Phi) is 4.17. The van der Waals surface area contributed by atoms with Crippen LogP contribution in [0.15, 0.2) is 55.0 Å². The summed E-state index contributed by atoms with van der Waals surface area (Å²) in [7, 11) is 0. The summed E-state index contributed by atoms with van der Waals surface area (Å²) in [5, 5.41) is 4.38. The van der Waals surface area contributed by atoms with Gasteiger partial charge in [0, 0.05) is 41.6 Å². The third-order valence-electron chi connectivity index (χ3n) is 6.26. The quantitative estimate of drug-likeness (QED) is 0.752. The van der Waals surface area contributed by atoms with Crippen LogP contribution in [0.5, 0.6) is 0 Å². The molecule has 3 fully saturated rings. The fourth-order valence-corrected chi connectivity index (χ4v) is 4.87. The van der Waals surface area contributed by atoms with Crippen LogP contribution in [0.3, 0.4) is 0 Å². The molecular weight excluding hydrogens is 336 g/mol. The van der Waals surface area contributed by atoms with Crippen LogP contribution in [-0.4, -0.2) is 45.9 Å². The largest absolute Gasteiger partial charge is 0.360 e. The number of carbonyl (C=O) groups excluding carboxylic acids is 1. The van der Waals surface area contributed by atoms with Crippen molar-refractivity contribution in [3.05, 3.63) is 66.1 Å². The third kappa shape index (κ3) is 3.02. The number of rotatable bonds is 4. The lowest BCUT2D eigenvalue weighted by molar-refractivity contribution is 0.0136. The van der Waals surface area contributed by atoms with Gasteiger partial charge in [0.25, 0.3) is 5.91 Å². The predicted molar refractivity (Wildman–Crippen MR) is 106 cm³/mol. The Labute approximate surface area is 158 Å². The number of aromatic nitrogens is 2. The van der Waals surface area contributed by atoms with Gasteiger partial charge in [-0.05, 0) is 56.0 Å². The van der Waals surface area contributed by atoms with E-state index < -0.39 is 0 Å². The number of H-pyrrole nitrogens is 1. The van der Waals surface area contributed by atoms with Crippen molar-refractivity contribution in [2.75, 3.05) is 13.1 Å². The first-order valence-corrected chi connectivity index (χ1v) is 9.79. The number of benzene rings is 1. The number of hydrogen-bond donors (Lipinski definition) is 2. The van der Waals surface area contributed by atoms with Crippen molar-refractivity contribution in [1.29, 1.82) is 0 Å². The lowest BCUT2D eigenvalue weighted by atomic mass is 9.76. The smallest absolute Gasteiger partial charge is 0.253 e. The molecule has 2 bridgehead atoms. The van der Waals surface area contributed by atoms with E-state index in [1.54, 1.807) is 0 Å². The third-order valence-corrected chi connectivity index (χ3v) is 6.26. The highest BCUT2D eigenvalue weighted by Gasteiger charge is 2.42. The molecule has 0 unspecified atom stereocenters. The first-order valence-electron chi connectivity index (χ1n) is 9.79. The zero-order chi connectivity index (χ0) is 18.2. The SMILES string of the molecule is O=C(N[C@@H]1C2CCN(CC2)[C@@H]1Cc1cccnc1)c1c[nH]c2ccccc12. The summed E-state index contributed by atoms with van der Waals surface area (Å²) in [6, 6.07) is 12.6. The topological polar surface area (TPSA) is 61.0 Å². The van der Waals surface area contributed by atoms with Crippen molar-refractivity contribution >= 4 is 16.8 Å². The van der Waals surface area contributed by atoms with Gasteiger partial charge < -0.3 is 10.3 Å². The van der Waals surface area contributed by atoms with Crippen LogP contribution in [0.4, 0.5) is 0 Å². The minimum atomic E-state index is 0.0300. The summed E-state index contributed by atoms with van der Waals surface area (Å²) in [4.78, 5) is 23.1. The average molecular weight is 360 g/mol. The van der Waals surface area contributed by atoms with E-state index in [0.717, 1.165) is 36.0 Å². The van der Waals surface area contributed by atoms with Crippen LogP contribution >= 0.6 is 0 Å². The number of amides is 1. The molecule has 6 rings (SSSR count). The minimum absolute atomic E-state index is 0.0300. The van der Waals surface area contributed by atoms with Gasteiger partial charge in [-0.2, -0.15) is 0 Å². The van der Waals surface area contributed by atoms with E-state index in [2.05, 4.69) is 26.3 Å². The first kappa shape index (κ1) is 16.5. The molecule has 2 N–H and O–H groups in total. The summed E-state index contributed by atoms with van der Waals surface area (Å²) in [5.41, 5.74) is 2.98. The Bertz CT molecular complexity index is 943. The van der Waals surface area contributed by atoms with Crippen molar-refractivity contribution in [1.82, 2.24) is 20.2 Å². The number of pyridine rings is 1. The van der Waals surface area contributed by atoms with Gasteiger partial charge in [-0.1, -0.05) is 24.3 Å². The summed E-state index contributed by atoms with van der Waals surface area (Å²) >= 11 is 0. The van der Waals surface area contributed by atoms with Crippen molar-refractivity contribution in [3.63, 3.8) is 0 Å². The molecule has 0 saturated carbocycles. The van der Waals surface area contributed by atoms with Gasteiger partial charge in [0.1, 0.15) is 0 Å². The molecule has 3 aliphatic rings. The highest BCUT2D eigenvalue weighted by Crippen LogP contribution is 2.34. The molecule has 3 aliphatic heterocycles. The van der Waals surface area contributed by atoms with Crippen LogP contribution in [-0.2, 0) is 6.42 Å². The lowest BCUT2D eigenvalue weighted by Gasteiger charge is -2.51. The van der Waals surface area contributed by atoms with Gasteiger partial charge in [-0.25, -0.2) is 0 Å². The van der Waals surface area contributed by atoms with Gasteiger partial charge in [0.05, 0.1) is 5.56 Å². The maximum absolute atomic E-state index is 13.1. The van der Waals surface area contributed by atoms with E-state index in [1.807, 2.05) is 48.9 Å². The molecule has 2 atom stereocenters. The molecule has 0 spiro atoms. The lowest BCUT2D eigenvalue weighted by Crippen LogP contribution is -2.64. The van der Waals surface area contributed by atoms with E-state index in [0.29, 0.717) is 12.0 Å². The molecule has 5 nitrogen and oxygen atoms in total. The zero-order valence-electron chi connectivity index (χ0n) is 15.3. The molecule has 3 saturated heterocycles. The van der Waals surface area contributed by atoms with Crippen LogP contribution < -0.4 is 5.32 Å². The molecule has 5 heteroatoms.